The highest BCUT2D eigenvalue weighted by Gasteiger charge is 2.27. The number of hydrogen-bond acceptors (Lipinski definition) is 4. The molecule has 2 heterocycles. The minimum absolute atomic E-state index is 0.753. The highest BCUT2D eigenvalue weighted by Crippen LogP contribution is 2.29. The molecule has 2 fully saturated rings. The van der Waals surface area contributed by atoms with Gasteiger partial charge in [0.25, 0.3) is 0 Å². The smallest absolute Gasteiger partial charge is 0.142 e. The maximum absolute atomic E-state index is 5.49. The zero-order chi connectivity index (χ0) is 14.7. The van der Waals surface area contributed by atoms with E-state index >= 15 is 0 Å². The number of nitrogens with zero attached hydrogens (tertiary/aromatic N) is 3. The highest BCUT2D eigenvalue weighted by atomic mass is 16.5. The molecule has 1 aromatic carbocycles. The number of benzene rings is 1. The molecule has 3 rings (SSSR count). The Morgan fingerprint density at radius 3 is 2.52 bits per heavy atom. The molecule has 0 aromatic heterocycles. The standard InChI is InChI=1S/C17H27N3O/c1-18-9-5-6-15(14-18)19-10-12-20(13-11-19)16-7-3-4-8-17(16)21-2/h3-4,7-8,15H,5-6,9-14H2,1-2H3. The van der Waals surface area contributed by atoms with Gasteiger partial charge in [-0.25, -0.2) is 0 Å². The Kier molecular flexibility index (Phi) is 4.66. The molecule has 0 saturated carbocycles. The van der Waals surface area contributed by atoms with Crippen molar-refractivity contribution >= 4 is 5.69 Å². The second-order valence-electron chi connectivity index (χ2n) is 6.25. The molecular formula is C17H27N3O. The number of ether oxygens (including phenoxy) is 1. The predicted octanol–water partition coefficient (Wildman–Crippen LogP) is 1.91. The first-order chi connectivity index (χ1) is 10.3. The van der Waals surface area contributed by atoms with Gasteiger partial charge in [0, 0.05) is 38.8 Å². The summed E-state index contributed by atoms with van der Waals surface area (Å²) in [6.45, 7) is 7.01. The molecule has 4 nitrogen and oxygen atoms in total. The van der Waals surface area contributed by atoms with Gasteiger partial charge < -0.3 is 14.5 Å². The zero-order valence-electron chi connectivity index (χ0n) is 13.3. The molecule has 1 unspecified atom stereocenters. The molecule has 4 heteroatoms. The van der Waals surface area contributed by atoms with E-state index in [1.165, 1.54) is 31.6 Å². The molecule has 0 radical (unpaired) electrons. The van der Waals surface area contributed by atoms with Crippen molar-refractivity contribution in [2.24, 2.45) is 0 Å². The van der Waals surface area contributed by atoms with Gasteiger partial charge in [-0.3, -0.25) is 4.90 Å². The van der Waals surface area contributed by atoms with E-state index < -0.39 is 0 Å². The summed E-state index contributed by atoms with van der Waals surface area (Å²) < 4.78 is 5.49. The van der Waals surface area contributed by atoms with Crippen LogP contribution >= 0.6 is 0 Å². The van der Waals surface area contributed by atoms with Crippen molar-refractivity contribution in [3.8, 4) is 5.75 Å². The van der Waals surface area contributed by atoms with Gasteiger partial charge in [-0.15, -0.1) is 0 Å². The molecule has 2 saturated heterocycles. The SMILES string of the molecule is COc1ccccc1N1CCN(C2CCCN(C)C2)CC1. The number of rotatable bonds is 3. The number of piperazine rings is 1. The maximum atomic E-state index is 5.49. The molecule has 21 heavy (non-hydrogen) atoms. The van der Waals surface area contributed by atoms with Gasteiger partial charge in [0.1, 0.15) is 5.75 Å². The third-order valence-electron chi connectivity index (χ3n) is 4.86. The summed E-state index contributed by atoms with van der Waals surface area (Å²) >= 11 is 0. The summed E-state index contributed by atoms with van der Waals surface area (Å²) in [5.41, 5.74) is 1.24. The number of methoxy groups -OCH3 is 1. The molecule has 0 N–H and O–H groups in total. The molecule has 2 aliphatic heterocycles. The fourth-order valence-electron chi connectivity index (χ4n) is 3.66. The molecule has 1 atom stereocenters. The lowest BCUT2D eigenvalue weighted by molar-refractivity contribution is 0.106. The normalized spacial score (nSPS) is 25.0. The van der Waals surface area contributed by atoms with Crippen LogP contribution in [0, 0.1) is 0 Å². The minimum atomic E-state index is 0.753. The van der Waals surface area contributed by atoms with E-state index in [-0.39, 0.29) is 0 Å². The molecule has 0 bridgehead atoms. The van der Waals surface area contributed by atoms with Gasteiger partial charge >= 0.3 is 0 Å². The average Bonchev–Trinajstić information content (AvgIpc) is 2.55. The van der Waals surface area contributed by atoms with Crippen molar-refractivity contribution in [1.82, 2.24) is 9.80 Å². The van der Waals surface area contributed by atoms with Crippen molar-refractivity contribution in [2.75, 3.05) is 58.3 Å². The van der Waals surface area contributed by atoms with Crippen LogP contribution in [0.1, 0.15) is 12.8 Å². The van der Waals surface area contributed by atoms with Crippen molar-refractivity contribution in [2.45, 2.75) is 18.9 Å². The van der Waals surface area contributed by atoms with Gasteiger partial charge in [0.05, 0.1) is 12.8 Å². The molecule has 0 spiro atoms. The quantitative estimate of drug-likeness (QED) is 0.846. The maximum Gasteiger partial charge on any atom is 0.142 e. The number of piperidine rings is 1. The van der Waals surface area contributed by atoms with Crippen LogP contribution in [0.2, 0.25) is 0 Å². The van der Waals surface area contributed by atoms with Crippen molar-refractivity contribution in [3.63, 3.8) is 0 Å². The number of anilines is 1. The Hall–Kier alpha value is -1.26. The van der Waals surface area contributed by atoms with Crippen LogP contribution in [0.15, 0.2) is 24.3 Å². The number of likely N-dealkylation sites (tertiary alicyclic amines) is 1. The Bertz CT molecular complexity index is 457. The van der Waals surface area contributed by atoms with E-state index in [9.17, 15) is 0 Å². The summed E-state index contributed by atoms with van der Waals surface area (Å²) in [5.74, 6) is 0.989. The first-order valence-corrected chi connectivity index (χ1v) is 8.08. The van der Waals surface area contributed by atoms with E-state index in [1.54, 1.807) is 7.11 Å². The van der Waals surface area contributed by atoms with Crippen LogP contribution in [0.5, 0.6) is 5.75 Å². The highest BCUT2D eigenvalue weighted by molar-refractivity contribution is 5.58. The second-order valence-corrected chi connectivity index (χ2v) is 6.25. The average molecular weight is 289 g/mol. The third kappa shape index (κ3) is 3.33. The zero-order valence-corrected chi connectivity index (χ0v) is 13.3. The molecule has 0 amide bonds. The molecule has 1 aromatic rings. The monoisotopic (exact) mass is 289 g/mol. The fraction of sp³-hybridized carbons (Fsp3) is 0.647. The van der Waals surface area contributed by atoms with Gasteiger partial charge in [0.2, 0.25) is 0 Å². The summed E-state index contributed by atoms with van der Waals surface area (Å²) in [4.78, 5) is 7.62. The van der Waals surface area contributed by atoms with Gasteiger partial charge in [-0.1, -0.05) is 12.1 Å². The summed E-state index contributed by atoms with van der Waals surface area (Å²) in [6.07, 6.45) is 2.70. The van der Waals surface area contributed by atoms with E-state index in [0.29, 0.717) is 0 Å². The van der Waals surface area contributed by atoms with Gasteiger partial charge in [0.15, 0.2) is 0 Å². The summed E-state index contributed by atoms with van der Waals surface area (Å²) in [6, 6.07) is 9.11. The van der Waals surface area contributed by atoms with Crippen LogP contribution in [-0.2, 0) is 0 Å². The van der Waals surface area contributed by atoms with E-state index in [1.807, 2.05) is 6.07 Å². The number of hydrogen-bond donors (Lipinski definition) is 0. The van der Waals surface area contributed by atoms with Crippen LogP contribution in [-0.4, -0.2) is 69.3 Å². The van der Waals surface area contributed by atoms with Crippen LogP contribution in [0.4, 0.5) is 5.69 Å². The minimum Gasteiger partial charge on any atom is -0.495 e. The molecule has 116 valence electrons. The van der Waals surface area contributed by atoms with E-state index in [0.717, 1.165) is 38.0 Å². The largest absolute Gasteiger partial charge is 0.495 e. The lowest BCUT2D eigenvalue weighted by atomic mass is 10.0. The van der Waals surface area contributed by atoms with Crippen LogP contribution in [0.3, 0.4) is 0 Å². The van der Waals surface area contributed by atoms with Gasteiger partial charge in [-0.05, 0) is 38.6 Å². The van der Waals surface area contributed by atoms with Crippen molar-refractivity contribution in [3.05, 3.63) is 24.3 Å². The van der Waals surface area contributed by atoms with Crippen LogP contribution < -0.4 is 9.64 Å². The lowest BCUT2D eigenvalue weighted by Crippen LogP contribution is -2.54. The Labute approximate surface area is 128 Å². The topological polar surface area (TPSA) is 19.0 Å². The number of likely N-dealkylation sites (N-methyl/N-ethyl adjacent to an activating group) is 1. The first kappa shape index (κ1) is 14.7. The van der Waals surface area contributed by atoms with E-state index in [2.05, 4.69) is 39.9 Å². The second kappa shape index (κ2) is 6.67. The Balaban J connectivity index is 1.60. The summed E-state index contributed by atoms with van der Waals surface area (Å²) in [7, 11) is 4.00. The predicted molar refractivity (Wildman–Crippen MR) is 87.3 cm³/mol. The van der Waals surface area contributed by atoms with Crippen molar-refractivity contribution < 1.29 is 4.74 Å². The molecule has 2 aliphatic rings. The molecular weight excluding hydrogens is 262 g/mol. The third-order valence-corrected chi connectivity index (χ3v) is 4.86. The fourth-order valence-corrected chi connectivity index (χ4v) is 3.66. The van der Waals surface area contributed by atoms with Gasteiger partial charge in [-0.2, -0.15) is 0 Å². The number of para-hydroxylation sites is 2. The van der Waals surface area contributed by atoms with Crippen molar-refractivity contribution in [1.29, 1.82) is 0 Å². The Morgan fingerprint density at radius 1 is 1.05 bits per heavy atom. The molecule has 0 aliphatic carbocycles. The lowest BCUT2D eigenvalue weighted by Gasteiger charge is -2.43. The Morgan fingerprint density at radius 2 is 1.81 bits per heavy atom. The van der Waals surface area contributed by atoms with E-state index in [4.69, 9.17) is 4.74 Å². The van der Waals surface area contributed by atoms with Crippen LogP contribution in [0.25, 0.3) is 0 Å². The summed E-state index contributed by atoms with van der Waals surface area (Å²) in [5, 5.41) is 0. The first-order valence-electron chi connectivity index (χ1n) is 8.08.